The molecule has 0 unspecified atom stereocenters. The second kappa shape index (κ2) is 9.53. The number of carbonyl (C=O) groups excluding carboxylic acids is 2. The first-order chi connectivity index (χ1) is 14.3. The highest BCUT2D eigenvalue weighted by Gasteiger charge is 2.33. The topological polar surface area (TPSA) is 70.0 Å². The van der Waals surface area contributed by atoms with Crippen LogP contribution in [0.25, 0.3) is 0 Å². The molecule has 0 fully saturated rings. The van der Waals surface area contributed by atoms with Crippen LogP contribution in [-0.2, 0) is 4.79 Å². The van der Waals surface area contributed by atoms with Gasteiger partial charge in [0.1, 0.15) is 0 Å². The van der Waals surface area contributed by atoms with Crippen LogP contribution in [0.2, 0.25) is 10.0 Å². The number of nitrogens with zero attached hydrogens (tertiary/aromatic N) is 1. The van der Waals surface area contributed by atoms with E-state index in [0.29, 0.717) is 37.5 Å². The molecule has 2 aromatic rings. The molecule has 4 nitrogen and oxygen atoms in total. The van der Waals surface area contributed by atoms with Crippen LogP contribution in [0.1, 0.15) is 35.7 Å². The molecule has 0 saturated heterocycles. The Bertz CT molecular complexity index is 1120. The zero-order valence-corrected chi connectivity index (χ0v) is 18.7. The number of halogens is 2. The fourth-order valence-corrected chi connectivity index (χ4v) is 4.77. The third-order valence-corrected chi connectivity index (χ3v) is 6.32. The Labute approximate surface area is 189 Å². The number of allylic oxidation sites excluding steroid dienone is 3. The van der Waals surface area contributed by atoms with Gasteiger partial charge in [0.25, 0.3) is 0 Å². The molecule has 1 atom stereocenters. The molecule has 0 radical (unpaired) electrons. The van der Waals surface area contributed by atoms with E-state index in [1.807, 2.05) is 30.3 Å². The van der Waals surface area contributed by atoms with Gasteiger partial charge in [-0.05, 0) is 37.6 Å². The summed E-state index contributed by atoms with van der Waals surface area (Å²) in [7, 11) is 0. The maximum atomic E-state index is 12.7. The lowest BCUT2D eigenvalue weighted by atomic mass is 9.81. The van der Waals surface area contributed by atoms with Gasteiger partial charge < -0.3 is 5.32 Å². The first kappa shape index (κ1) is 22.2. The van der Waals surface area contributed by atoms with E-state index in [1.165, 1.54) is 24.8 Å². The third-order valence-electron chi connectivity index (χ3n) is 4.74. The number of carbonyl (C=O) groups is 2. The molecule has 7 heteroatoms. The number of benzene rings is 2. The van der Waals surface area contributed by atoms with Crippen molar-refractivity contribution in [1.29, 1.82) is 5.26 Å². The first-order valence-corrected chi connectivity index (χ1v) is 10.9. The largest absolute Gasteiger partial charge is 0.353 e. The molecule has 0 saturated carbocycles. The van der Waals surface area contributed by atoms with Crippen molar-refractivity contribution in [3.63, 3.8) is 0 Å². The molecule has 0 bridgehead atoms. The summed E-state index contributed by atoms with van der Waals surface area (Å²) >= 11 is 13.3. The lowest BCUT2D eigenvalue weighted by Crippen LogP contribution is -2.27. The number of ketones is 2. The van der Waals surface area contributed by atoms with Crippen molar-refractivity contribution in [2.24, 2.45) is 0 Å². The van der Waals surface area contributed by atoms with Gasteiger partial charge in [0.15, 0.2) is 11.6 Å². The summed E-state index contributed by atoms with van der Waals surface area (Å²) in [6, 6.07) is 16.4. The van der Waals surface area contributed by atoms with Crippen LogP contribution in [0.5, 0.6) is 0 Å². The number of Topliss-reactive ketones (excluding diaryl/α,β-unsaturated/α-hetero) is 2. The Morgan fingerprint density at radius 2 is 1.87 bits per heavy atom. The Balaban J connectivity index is 1.95. The molecule has 1 aliphatic heterocycles. The number of hydrogen-bond donors (Lipinski definition) is 1. The highest BCUT2D eigenvalue weighted by atomic mass is 35.5. The number of dihydropyridines is 1. The van der Waals surface area contributed by atoms with E-state index in [-0.39, 0.29) is 17.3 Å². The van der Waals surface area contributed by atoms with Crippen LogP contribution in [0.4, 0.5) is 0 Å². The van der Waals surface area contributed by atoms with Crippen LogP contribution < -0.4 is 5.32 Å². The van der Waals surface area contributed by atoms with E-state index in [9.17, 15) is 14.9 Å². The number of nitrogens with one attached hydrogen (secondary N) is 1. The Morgan fingerprint density at radius 3 is 2.50 bits per heavy atom. The van der Waals surface area contributed by atoms with Crippen molar-refractivity contribution >= 4 is 46.5 Å². The van der Waals surface area contributed by atoms with E-state index < -0.39 is 5.92 Å². The molecule has 0 aromatic heterocycles. The Morgan fingerprint density at radius 1 is 1.17 bits per heavy atom. The van der Waals surface area contributed by atoms with Crippen molar-refractivity contribution in [1.82, 2.24) is 5.32 Å². The average Bonchev–Trinajstić information content (AvgIpc) is 2.73. The van der Waals surface area contributed by atoms with Crippen molar-refractivity contribution in [2.75, 3.05) is 5.75 Å². The maximum absolute atomic E-state index is 12.7. The number of rotatable bonds is 6. The van der Waals surface area contributed by atoms with E-state index >= 15 is 0 Å². The van der Waals surface area contributed by atoms with Crippen molar-refractivity contribution in [3.8, 4) is 6.07 Å². The third kappa shape index (κ3) is 4.62. The van der Waals surface area contributed by atoms with Crippen LogP contribution in [0, 0.1) is 11.3 Å². The highest BCUT2D eigenvalue weighted by molar-refractivity contribution is 8.03. The van der Waals surface area contributed by atoms with E-state index in [4.69, 9.17) is 23.2 Å². The second-order valence-corrected chi connectivity index (χ2v) is 8.58. The van der Waals surface area contributed by atoms with Gasteiger partial charge in [-0.15, -0.1) is 0 Å². The fraction of sp³-hybridized carbons (Fsp3) is 0.174. The van der Waals surface area contributed by atoms with E-state index in [1.54, 1.807) is 19.1 Å². The van der Waals surface area contributed by atoms with Crippen LogP contribution >= 0.6 is 35.0 Å². The molecule has 1 N–H and O–H groups in total. The fourth-order valence-electron chi connectivity index (χ4n) is 3.40. The average molecular weight is 457 g/mol. The number of nitriles is 1. The van der Waals surface area contributed by atoms with Gasteiger partial charge in [-0.1, -0.05) is 65.3 Å². The molecule has 0 amide bonds. The zero-order chi connectivity index (χ0) is 21.8. The molecule has 0 spiro atoms. The summed E-state index contributed by atoms with van der Waals surface area (Å²) in [5, 5.41) is 14.4. The molecular formula is C23H18Cl2N2O2S. The van der Waals surface area contributed by atoms with Gasteiger partial charge in [0.05, 0.1) is 33.4 Å². The van der Waals surface area contributed by atoms with Gasteiger partial charge in [-0.2, -0.15) is 5.26 Å². The zero-order valence-electron chi connectivity index (χ0n) is 16.3. The van der Waals surface area contributed by atoms with E-state index in [2.05, 4.69) is 11.4 Å². The first-order valence-electron chi connectivity index (χ1n) is 9.12. The van der Waals surface area contributed by atoms with Gasteiger partial charge >= 0.3 is 0 Å². The monoisotopic (exact) mass is 456 g/mol. The highest BCUT2D eigenvalue weighted by Crippen LogP contribution is 2.40. The smallest absolute Gasteiger partial charge is 0.174 e. The van der Waals surface area contributed by atoms with Gasteiger partial charge in [-0.25, -0.2) is 0 Å². The minimum Gasteiger partial charge on any atom is -0.353 e. The van der Waals surface area contributed by atoms with Gasteiger partial charge in [0.2, 0.25) is 0 Å². The molecule has 30 heavy (non-hydrogen) atoms. The summed E-state index contributed by atoms with van der Waals surface area (Å²) in [5.41, 5.74) is 2.81. The van der Waals surface area contributed by atoms with Gasteiger partial charge in [0, 0.05) is 21.9 Å². The molecule has 3 rings (SSSR count). The molecule has 1 aliphatic rings. The van der Waals surface area contributed by atoms with Crippen LogP contribution in [0.3, 0.4) is 0 Å². The van der Waals surface area contributed by atoms with Crippen molar-refractivity contribution in [2.45, 2.75) is 19.8 Å². The lowest BCUT2D eigenvalue weighted by molar-refractivity contribution is -0.113. The Hall–Kier alpha value is -2.52. The normalized spacial score (nSPS) is 16.2. The quantitative estimate of drug-likeness (QED) is 0.548. The summed E-state index contributed by atoms with van der Waals surface area (Å²) in [6.07, 6.45) is 0. The molecule has 152 valence electrons. The van der Waals surface area contributed by atoms with E-state index in [0.717, 1.165) is 5.56 Å². The van der Waals surface area contributed by atoms with Crippen molar-refractivity contribution in [3.05, 3.63) is 91.6 Å². The predicted octanol–water partition coefficient (Wildman–Crippen LogP) is 5.89. The minimum atomic E-state index is -0.484. The summed E-state index contributed by atoms with van der Waals surface area (Å²) < 4.78 is 0. The predicted molar refractivity (Wildman–Crippen MR) is 122 cm³/mol. The molecule has 1 heterocycles. The van der Waals surface area contributed by atoms with Crippen LogP contribution in [0.15, 0.2) is 70.4 Å². The van der Waals surface area contributed by atoms with Crippen LogP contribution in [-0.4, -0.2) is 17.3 Å². The molecule has 2 aromatic carbocycles. The summed E-state index contributed by atoms with van der Waals surface area (Å²) in [4.78, 5) is 25.1. The molecule has 0 aliphatic carbocycles. The number of hydrogen-bond acceptors (Lipinski definition) is 5. The Kier molecular flexibility index (Phi) is 7.04. The summed E-state index contributed by atoms with van der Waals surface area (Å²) in [6.45, 7) is 3.30. The second-order valence-electron chi connectivity index (χ2n) is 6.75. The molecular weight excluding hydrogens is 439 g/mol. The van der Waals surface area contributed by atoms with Gasteiger partial charge in [-0.3, -0.25) is 9.59 Å². The standard InChI is InChI=1S/C23H18Cl2N2O2S/c1-13-21(14(2)28)22(15-6-4-3-5-7-15)18(11-26)23(27-13)30-12-20(29)17-10-16(24)8-9-19(17)25/h3-10,22,27H,12H2,1-2H3/t22-/m1/s1. The number of thioether (sulfide) groups is 1. The maximum Gasteiger partial charge on any atom is 0.174 e. The summed E-state index contributed by atoms with van der Waals surface area (Å²) in [5.74, 6) is -0.721. The minimum absolute atomic E-state index is 0.0672. The van der Waals surface area contributed by atoms with Crippen molar-refractivity contribution < 1.29 is 9.59 Å². The SMILES string of the molecule is CC(=O)C1=C(C)NC(SCC(=O)c2cc(Cl)ccc2Cl)=C(C#N)[C@H]1c1ccccc1. The lowest BCUT2D eigenvalue weighted by Gasteiger charge is -2.29.